The summed E-state index contributed by atoms with van der Waals surface area (Å²) >= 11 is 7.44. The molecule has 6 nitrogen and oxygen atoms in total. The number of nitrogens with zero attached hydrogens (tertiary/aromatic N) is 2. The molecule has 1 aliphatic heterocycles. The van der Waals surface area contributed by atoms with Gasteiger partial charge in [0.25, 0.3) is 0 Å². The molecule has 0 amide bonds. The van der Waals surface area contributed by atoms with Gasteiger partial charge in [0.1, 0.15) is 16.5 Å². The maximum absolute atomic E-state index is 13.3. The molecule has 2 atom stereocenters. The molecule has 2 heterocycles. The number of hydrogen-bond acceptors (Lipinski definition) is 6. The number of morpholine rings is 1. The van der Waals surface area contributed by atoms with Crippen molar-refractivity contribution in [1.29, 1.82) is 0 Å². The van der Waals surface area contributed by atoms with Crippen LogP contribution >= 0.6 is 22.9 Å². The molecule has 1 saturated heterocycles. The van der Waals surface area contributed by atoms with Gasteiger partial charge in [-0.3, -0.25) is 0 Å². The van der Waals surface area contributed by atoms with Crippen molar-refractivity contribution >= 4 is 33.0 Å². The average molecular weight is 541 g/mol. The van der Waals surface area contributed by atoms with Crippen molar-refractivity contribution in [2.45, 2.75) is 31.0 Å². The Morgan fingerprint density at radius 2 is 1.58 bits per heavy atom. The lowest BCUT2D eigenvalue weighted by Gasteiger charge is -2.34. The molecule has 4 aromatic rings. The Morgan fingerprint density at radius 3 is 2.25 bits per heavy atom. The Labute approximate surface area is 220 Å². The van der Waals surface area contributed by atoms with Gasteiger partial charge in [0, 0.05) is 34.6 Å². The fourth-order valence-electron chi connectivity index (χ4n) is 4.14. The first-order chi connectivity index (χ1) is 17.3. The Hall–Kier alpha value is -2.75. The van der Waals surface area contributed by atoms with Crippen LogP contribution in [0.4, 0.5) is 0 Å². The molecule has 0 unspecified atom stereocenters. The van der Waals surface area contributed by atoms with Gasteiger partial charge in [-0.1, -0.05) is 23.7 Å². The van der Waals surface area contributed by atoms with Crippen molar-refractivity contribution in [3.05, 3.63) is 83.2 Å². The number of thiazole rings is 1. The van der Waals surface area contributed by atoms with E-state index < -0.39 is 10.0 Å². The molecule has 3 aromatic carbocycles. The highest BCUT2D eigenvalue weighted by Gasteiger charge is 2.32. The second kappa shape index (κ2) is 10.3. The third-order valence-electron chi connectivity index (χ3n) is 5.81. The van der Waals surface area contributed by atoms with Crippen LogP contribution in [0, 0.1) is 0 Å². The summed E-state index contributed by atoms with van der Waals surface area (Å²) in [6.07, 6.45) is -0.286. The SMILES string of the molecule is C[C@H]1CN(S(=O)(=O)c2cccc(-c3csc(-c4ccc(Oc5ccc(Cl)cc5)cc4)n3)c2)C[C@H](C)O1. The molecule has 1 aliphatic rings. The maximum Gasteiger partial charge on any atom is 0.243 e. The molecule has 186 valence electrons. The topological polar surface area (TPSA) is 68.7 Å². The minimum atomic E-state index is -3.63. The van der Waals surface area contributed by atoms with Crippen LogP contribution in [0.3, 0.4) is 0 Å². The van der Waals surface area contributed by atoms with E-state index in [1.165, 1.54) is 15.6 Å². The van der Waals surface area contributed by atoms with Crippen LogP contribution < -0.4 is 4.74 Å². The van der Waals surface area contributed by atoms with Crippen LogP contribution in [0.5, 0.6) is 11.5 Å². The fourth-order valence-corrected chi connectivity index (χ4v) is 6.73. The van der Waals surface area contributed by atoms with Crippen LogP contribution in [0.2, 0.25) is 5.02 Å². The molecule has 0 spiro atoms. The predicted molar refractivity (Wildman–Crippen MR) is 143 cm³/mol. The molecule has 0 N–H and O–H groups in total. The first kappa shape index (κ1) is 24.9. The van der Waals surface area contributed by atoms with E-state index in [1.54, 1.807) is 30.3 Å². The molecule has 0 radical (unpaired) electrons. The van der Waals surface area contributed by atoms with E-state index in [4.69, 9.17) is 26.1 Å². The number of halogens is 1. The van der Waals surface area contributed by atoms with Gasteiger partial charge in [-0.15, -0.1) is 11.3 Å². The van der Waals surface area contributed by atoms with Crippen LogP contribution in [0.1, 0.15) is 13.8 Å². The summed E-state index contributed by atoms with van der Waals surface area (Å²) < 4.78 is 39.7. The number of benzene rings is 3. The van der Waals surface area contributed by atoms with E-state index in [0.717, 1.165) is 21.8 Å². The van der Waals surface area contributed by atoms with E-state index in [2.05, 4.69) is 0 Å². The Bertz CT molecular complexity index is 1440. The zero-order valence-electron chi connectivity index (χ0n) is 19.8. The average Bonchev–Trinajstić information content (AvgIpc) is 3.36. The second-order valence-corrected chi connectivity index (χ2v) is 12.0. The van der Waals surface area contributed by atoms with Crippen LogP contribution in [-0.2, 0) is 14.8 Å². The highest BCUT2D eigenvalue weighted by atomic mass is 35.5. The van der Waals surface area contributed by atoms with Crippen LogP contribution in [-0.4, -0.2) is 43.0 Å². The molecule has 0 saturated carbocycles. The number of sulfonamides is 1. The first-order valence-corrected chi connectivity index (χ1v) is 14.2. The molecule has 0 aliphatic carbocycles. The summed E-state index contributed by atoms with van der Waals surface area (Å²) in [6.45, 7) is 4.47. The van der Waals surface area contributed by atoms with Crippen molar-refractivity contribution in [2.24, 2.45) is 0 Å². The van der Waals surface area contributed by atoms with Gasteiger partial charge in [-0.05, 0) is 74.5 Å². The third-order valence-corrected chi connectivity index (χ3v) is 8.78. The standard InChI is InChI=1S/C27H25ClN2O4S2/c1-18-15-30(16-19(2)33-18)36(31,32)25-5-3-4-21(14-25)26-17-35-27(29-26)20-6-10-23(11-7-20)34-24-12-8-22(28)9-13-24/h3-14,17-19H,15-16H2,1-2H3/t18-,19-/m0/s1. The number of rotatable bonds is 6. The fraction of sp³-hybridized carbons (Fsp3) is 0.222. The second-order valence-electron chi connectivity index (χ2n) is 8.73. The summed E-state index contributed by atoms with van der Waals surface area (Å²) in [4.78, 5) is 5.03. The van der Waals surface area contributed by atoms with Gasteiger partial charge in [-0.2, -0.15) is 4.31 Å². The van der Waals surface area contributed by atoms with Crippen LogP contribution in [0.15, 0.2) is 83.1 Å². The molecule has 36 heavy (non-hydrogen) atoms. The monoisotopic (exact) mass is 540 g/mol. The lowest BCUT2D eigenvalue weighted by molar-refractivity contribution is -0.0440. The smallest absolute Gasteiger partial charge is 0.243 e. The highest BCUT2D eigenvalue weighted by Crippen LogP contribution is 2.32. The van der Waals surface area contributed by atoms with Crippen molar-refractivity contribution in [3.63, 3.8) is 0 Å². The van der Waals surface area contributed by atoms with E-state index in [1.807, 2.05) is 61.7 Å². The Balaban J connectivity index is 1.34. The van der Waals surface area contributed by atoms with E-state index in [0.29, 0.717) is 29.6 Å². The van der Waals surface area contributed by atoms with Gasteiger partial charge >= 0.3 is 0 Å². The molecule has 0 bridgehead atoms. The summed E-state index contributed by atoms with van der Waals surface area (Å²) in [5, 5.41) is 3.44. The summed E-state index contributed by atoms with van der Waals surface area (Å²) in [5.74, 6) is 1.42. The molecular formula is C27H25ClN2O4S2. The van der Waals surface area contributed by atoms with E-state index in [9.17, 15) is 8.42 Å². The molecule has 1 aromatic heterocycles. The number of ether oxygens (including phenoxy) is 2. The van der Waals surface area contributed by atoms with Crippen molar-refractivity contribution in [1.82, 2.24) is 9.29 Å². The van der Waals surface area contributed by atoms with E-state index >= 15 is 0 Å². The van der Waals surface area contributed by atoms with Gasteiger partial charge in [-0.25, -0.2) is 13.4 Å². The van der Waals surface area contributed by atoms with Gasteiger partial charge < -0.3 is 9.47 Å². The largest absolute Gasteiger partial charge is 0.457 e. The van der Waals surface area contributed by atoms with Gasteiger partial charge in [0.2, 0.25) is 10.0 Å². The third kappa shape index (κ3) is 5.48. The summed E-state index contributed by atoms with van der Waals surface area (Å²) in [6, 6.07) is 21.9. The predicted octanol–water partition coefficient (Wildman–Crippen LogP) is 6.72. The number of aromatic nitrogens is 1. The van der Waals surface area contributed by atoms with Gasteiger partial charge in [0.05, 0.1) is 22.8 Å². The lowest BCUT2D eigenvalue weighted by Crippen LogP contribution is -2.48. The molecule has 5 rings (SSSR count). The zero-order chi connectivity index (χ0) is 25.3. The lowest BCUT2D eigenvalue weighted by atomic mass is 10.2. The molecular weight excluding hydrogens is 516 g/mol. The Kier molecular flexibility index (Phi) is 7.14. The summed E-state index contributed by atoms with van der Waals surface area (Å²) in [5.41, 5.74) is 2.45. The highest BCUT2D eigenvalue weighted by molar-refractivity contribution is 7.89. The molecule has 1 fully saturated rings. The van der Waals surface area contributed by atoms with Gasteiger partial charge in [0.15, 0.2) is 0 Å². The Morgan fingerprint density at radius 1 is 0.944 bits per heavy atom. The quantitative estimate of drug-likeness (QED) is 0.271. The first-order valence-electron chi connectivity index (χ1n) is 11.5. The van der Waals surface area contributed by atoms with Crippen LogP contribution in [0.25, 0.3) is 21.8 Å². The van der Waals surface area contributed by atoms with Crippen molar-refractivity contribution < 1.29 is 17.9 Å². The summed E-state index contributed by atoms with van der Waals surface area (Å²) in [7, 11) is -3.63. The van der Waals surface area contributed by atoms with E-state index in [-0.39, 0.29) is 17.1 Å². The van der Waals surface area contributed by atoms with Crippen molar-refractivity contribution in [3.8, 4) is 33.3 Å². The normalized spacial score (nSPS) is 18.8. The zero-order valence-corrected chi connectivity index (χ0v) is 22.2. The minimum Gasteiger partial charge on any atom is -0.457 e. The number of hydrogen-bond donors (Lipinski definition) is 0. The van der Waals surface area contributed by atoms with Crippen molar-refractivity contribution in [2.75, 3.05) is 13.1 Å². The minimum absolute atomic E-state index is 0.143. The maximum atomic E-state index is 13.3. The molecule has 9 heteroatoms.